The van der Waals surface area contributed by atoms with Crippen molar-refractivity contribution < 1.29 is 23.1 Å². The molecular formula is C12H21NO5S. The van der Waals surface area contributed by atoms with Crippen molar-refractivity contribution in [1.29, 1.82) is 0 Å². The molecule has 0 radical (unpaired) electrons. The van der Waals surface area contributed by atoms with Crippen LogP contribution in [0.2, 0.25) is 0 Å². The van der Waals surface area contributed by atoms with Gasteiger partial charge in [-0.2, -0.15) is 0 Å². The number of rotatable bonds is 4. The summed E-state index contributed by atoms with van der Waals surface area (Å²) < 4.78 is 31.6. The summed E-state index contributed by atoms with van der Waals surface area (Å²) >= 11 is 0. The Kier molecular flexibility index (Phi) is 4.81. The number of hydrogen-bond acceptors (Lipinski definition) is 4. The Bertz CT molecular complexity index is 408. The quantitative estimate of drug-likeness (QED) is 0.823. The third-order valence-electron chi connectivity index (χ3n) is 3.99. The molecule has 0 aromatic heterocycles. The first kappa shape index (κ1) is 14.7. The molecule has 2 fully saturated rings. The van der Waals surface area contributed by atoms with Gasteiger partial charge in [-0.05, 0) is 31.6 Å². The van der Waals surface area contributed by atoms with Crippen LogP contribution in [0.25, 0.3) is 0 Å². The highest BCUT2D eigenvalue weighted by molar-refractivity contribution is 7.89. The lowest BCUT2D eigenvalue weighted by Crippen LogP contribution is -2.45. The van der Waals surface area contributed by atoms with E-state index in [1.165, 1.54) is 0 Å². The second-order valence-electron chi connectivity index (χ2n) is 5.30. The van der Waals surface area contributed by atoms with Crippen LogP contribution in [-0.2, 0) is 19.6 Å². The van der Waals surface area contributed by atoms with E-state index in [0.717, 1.165) is 0 Å². The zero-order chi connectivity index (χ0) is 13.9. The van der Waals surface area contributed by atoms with Crippen molar-refractivity contribution >= 4 is 16.0 Å². The van der Waals surface area contributed by atoms with Crippen LogP contribution in [-0.4, -0.2) is 55.4 Å². The first-order valence-electron chi connectivity index (χ1n) is 6.78. The Hall–Kier alpha value is -0.660. The molecule has 0 bridgehead atoms. The second kappa shape index (κ2) is 6.19. The molecule has 2 heterocycles. The van der Waals surface area contributed by atoms with E-state index in [1.54, 1.807) is 4.31 Å². The van der Waals surface area contributed by atoms with Crippen LogP contribution in [0.5, 0.6) is 0 Å². The molecule has 7 heteroatoms. The van der Waals surface area contributed by atoms with Gasteiger partial charge in [-0.25, -0.2) is 12.7 Å². The van der Waals surface area contributed by atoms with Crippen molar-refractivity contribution in [3.05, 3.63) is 0 Å². The van der Waals surface area contributed by atoms with Gasteiger partial charge >= 0.3 is 5.97 Å². The van der Waals surface area contributed by atoms with Gasteiger partial charge in [0.25, 0.3) is 0 Å². The molecule has 0 unspecified atom stereocenters. The zero-order valence-electron chi connectivity index (χ0n) is 11.0. The van der Waals surface area contributed by atoms with E-state index in [0.29, 0.717) is 52.0 Å². The molecule has 2 saturated heterocycles. The van der Waals surface area contributed by atoms with Crippen molar-refractivity contribution in [1.82, 2.24) is 4.31 Å². The number of carbonyl (C=O) groups is 1. The lowest BCUT2D eigenvalue weighted by molar-refractivity contribution is -0.138. The average molecular weight is 291 g/mol. The van der Waals surface area contributed by atoms with Gasteiger partial charge in [0.1, 0.15) is 0 Å². The monoisotopic (exact) mass is 291 g/mol. The lowest BCUT2D eigenvalue weighted by Gasteiger charge is -2.34. The van der Waals surface area contributed by atoms with Crippen molar-refractivity contribution in [3.8, 4) is 0 Å². The summed E-state index contributed by atoms with van der Waals surface area (Å²) in [6, 6.07) is 0. The molecule has 0 aromatic rings. The van der Waals surface area contributed by atoms with Gasteiger partial charge in [0, 0.05) is 32.7 Å². The minimum atomic E-state index is -3.23. The molecular weight excluding hydrogens is 270 g/mol. The first-order chi connectivity index (χ1) is 9.00. The SMILES string of the molecule is O=C(O)CC1CCN(S(=O)(=O)C2CCOCC2)CC1. The largest absolute Gasteiger partial charge is 0.481 e. The summed E-state index contributed by atoms with van der Waals surface area (Å²) in [6.07, 6.45) is 2.57. The standard InChI is InChI=1S/C12H21NO5S/c14-12(15)9-10-1-5-13(6-2-10)19(16,17)11-3-7-18-8-4-11/h10-11H,1-9H2,(H,14,15). The van der Waals surface area contributed by atoms with Gasteiger partial charge < -0.3 is 9.84 Å². The van der Waals surface area contributed by atoms with Crippen LogP contribution in [0.4, 0.5) is 0 Å². The maximum atomic E-state index is 12.4. The van der Waals surface area contributed by atoms with Crippen LogP contribution < -0.4 is 0 Å². The smallest absolute Gasteiger partial charge is 0.303 e. The van der Waals surface area contributed by atoms with E-state index in [2.05, 4.69) is 0 Å². The minimum Gasteiger partial charge on any atom is -0.481 e. The molecule has 0 atom stereocenters. The molecule has 19 heavy (non-hydrogen) atoms. The summed E-state index contributed by atoms with van der Waals surface area (Å²) in [6.45, 7) is 1.94. The summed E-state index contributed by atoms with van der Waals surface area (Å²) in [7, 11) is -3.23. The number of aliphatic carboxylic acids is 1. The Morgan fingerprint density at radius 1 is 1.16 bits per heavy atom. The van der Waals surface area contributed by atoms with E-state index >= 15 is 0 Å². The summed E-state index contributed by atoms with van der Waals surface area (Å²) in [5, 5.41) is 8.43. The molecule has 110 valence electrons. The first-order valence-corrected chi connectivity index (χ1v) is 8.29. The molecule has 0 aromatic carbocycles. The maximum Gasteiger partial charge on any atom is 0.303 e. The molecule has 0 aliphatic carbocycles. The van der Waals surface area contributed by atoms with Crippen LogP contribution >= 0.6 is 0 Å². The van der Waals surface area contributed by atoms with Crippen LogP contribution in [0, 0.1) is 5.92 Å². The highest BCUT2D eigenvalue weighted by atomic mass is 32.2. The van der Waals surface area contributed by atoms with Gasteiger partial charge in [-0.1, -0.05) is 0 Å². The van der Waals surface area contributed by atoms with Crippen LogP contribution in [0.3, 0.4) is 0 Å². The normalized spacial score (nSPS) is 24.4. The average Bonchev–Trinajstić information content (AvgIpc) is 2.40. The van der Waals surface area contributed by atoms with Crippen molar-refractivity contribution in [3.63, 3.8) is 0 Å². The molecule has 0 saturated carbocycles. The minimum absolute atomic E-state index is 0.110. The summed E-state index contributed by atoms with van der Waals surface area (Å²) in [5.41, 5.74) is 0. The Balaban J connectivity index is 1.90. The van der Waals surface area contributed by atoms with Crippen molar-refractivity contribution in [2.24, 2.45) is 5.92 Å². The Morgan fingerprint density at radius 3 is 2.26 bits per heavy atom. The molecule has 2 aliphatic heterocycles. The van der Waals surface area contributed by atoms with Gasteiger partial charge in [0.2, 0.25) is 10.0 Å². The van der Waals surface area contributed by atoms with E-state index in [-0.39, 0.29) is 17.6 Å². The molecule has 2 rings (SSSR count). The van der Waals surface area contributed by atoms with Crippen molar-refractivity contribution in [2.45, 2.75) is 37.4 Å². The van der Waals surface area contributed by atoms with Crippen LogP contribution in [0.1, 0.15) is 32.1 Å². The summed E-state index contributed by atoms with van der Waals surface area (Å²) in [5.74, 6) is -0.690. The second-order valence-corrected chi connectivity index (χ2v) is 7.51. The third-order valence-corrected chi connectivity index (χ3v) is 6.39. The zero-order valence-corrected chi connectivity index (χ0v) is 11.8. The van der Waals surface area contributed by atoms with E-state index < -0.39 is 16.0 Å². The van der Waals surface area contributed by atoms with Gasteiger partial charge in [-0.15, -0.1) is 0 Å². The van der Waals surface area contributed by atoms with Crippen molar-refractivity contribution in [2.75, 3.05) is 26.3 Å². The molecule has 6 nitrogen and oxygen atoms in total. The fraction of sp³-hybridized carbons (Fsp3) is 0.917. The van der Waals surface area contributed by atoms with E-state index in [1.807, 2.05) is 0 Å². The number of carboxylic acid groups (broad SMARTS) is 1. The molecule has 2 aliphatic rings. The third kappa shape index (κ3) is 3.67. The summed E-state index contributed by atoms with van der Waals surface area (Å²) in [4.78, 5) is 10.6. The Morgan fingerprint density at radius 2 is 1.74 bits per heavy atom. The van der Waals surface area contributed by atoms with E-state index in [4.69, 9.17) is 9.84 Å². The highest BCUT2D eigenvalue weighted by Crippen LogP contribution is 2.26. The van der Waals surface area contributed by atoms with Gasteiger partial charge in [0.15, 0.2) is 0 Å². The molecule has 0 amide bonds. The molecule has 1 N–H and O–H groups in total. The highest BCUT2D eigenvalue weighted by Gasteiger charge is 2.35. The fourth-order valence-corrected chi connectivity index (χ4v) is 4.73. The molecule has 0 spiro atoms. The number of carboxylic acids is 1. The fourth-order valence-electron chi connectivity index (χ4n) is 2.80. The predicted molar refractivity (Wildman–Crippen MR) is 69.3 cm³/mol. The number of hydrogen-bond donors (Lipinski definition) is 1. The lowest BCUT2D eigenvalue weighted by atomic mass is 9.95. The van der Waals surface area contributed by atoms with Gasteiger partial charge in [-0.3, -0.25) is 4.79 Å². The number of sulfonamides is 1. The Labute approximate surface area is 113 Å². The number of ether oxygens (including phenoxy) is 1. The number of piperidine rings is 1. The van der Waals surface area contributed by atoms with E-state index in [9.17, 15) is 13.2 Å². The van der Waals surface area contributed by atoms with Gasteiger partial charge in [0.05, 0.1) is 5.25 Å². The number of nitrogens with zero attached hydrogens (tertiary/aromatic N) is 1. The van der Waals surface area contributed by atoms with Crippen LogP contribution in [0.15, 0.2) is 0 Å². The topological polar surface area (TPSA) is 83.9 Å². The predicted octanol–water partition coefficient (Wildman–Crippen LogP) is 0.682. The maximum absolute atomic E-state index is 12.4.